The summed E-state index contributed by atoms with van der Waals surface area (Å²) in [5.74, 6) is 0.376. The fraction of sp³-hybridized carbons (Fsp3) is 0.485. The molecule has 246 valence electrons. The van der Waals surface area contributed by atoms with E-state index in [1.54, 1.807) is 18.2 Å². The highest BCUT2D eigenvalue weighted by Crippen LogP contribution is 2.36. The monoisotopic (exact) mass is 667 g/mol. The van der Waals surface area contributed by atoms with Gasteiger partial charge in [0, 0.05) is 42.4 Å². The Balaban J connectivity index is 1.39. The van der Waals surface area contributed by atoms with Crippen molar-refractivity contribution in [1.82, 2.24) is 19.8 Å². The number of aryl methyl sites for hydroxylation is 2. The molecule has 1 atom stereocenters. The van der Waals surface area contributed by atoms with Crippen LogP contribution >= 0.6 is 0 Å². The minimum atomic E-state index is -4.15. The van der Waals surface area contributed by atoms with Crippen LogP contribution < -0.4 is 9.46 Å². The zero-order valence-electron chi connectivity index (χ0n) is 26.6. The molecule has 0 unspecified atom stereocenters. The predicted molar refractivity (Wildman–Crippen MR) is 176 cm³/mol. The van der Waals surface area contributed by atoms with E-state index in [1.165, 1.54) is 12.1 Å². The Bertz CT molecular complexity index is 1820. The zero-order chi connectivity index (χ0) is 32.8. The first-order valence-electron chi connectivity index (χ1n) is 15.8. The molecule has 3 aromatic rings. The number of sulfone groups is 1. The molecule has 2 aromatic carbocycles. The third-order valence-electron chi connectivity index (χ3n) is 9.23. The van der Waals surface area contributed by atoms with Gasteiger partial charge in [-0.05, 0) is 68.4 Å². The molecular formula is C33H41N5O6S2. The Morgan fingerprint density at radius 2 is 1.61 bits per heavy atom. The number of amides is 1. The van der Waals surface area contributed by atoms with Crippen molar-refractivity contribution in [1.29, 1.82) is 0 Å². The molecule has 13 heteroatoms. The minimum Gasteiger partial charge on any atom is -0.475 e. The van der Waals surface area contributed by atoms with E-state index >= 15 is 0 Å². The zero-order valence-corrected chi connectivity index (χ0v) is 28.3. The van der Waals surface area contributed by atoms with E-state index in [0.717, 1.165) is 16.7 Å². The summed E-state index contributed by atoms with van der Waals surface area (Å²) in [6, 6.07) is 13.4. The summed E-state index contributed by atoms with van der Waals surface area (Å²) in [5, 5.41) is 0. The van der Waals surface area contributed by atoms with Gasteiger partial charge in [-0.1, -0.05) is 38.1 Å². The number of rotatable bonds is 5. The average Bonchev–Trinajstić information content (AvgIpc) is 2.96. The van der Waals surface area contributed by atoms with Crippen LogP contribution in [-0.4, -0.2) is 91.8 Å². The van der Waals surface area contributed by atoms with E-state index in [1.807, 2.05) is 36.9 Å². The summed E-state index contributed by atoms with van der Waals surface area (Å²) in [6.45, 7) is 9.29. The lowest BCUT2D eigenvalue weighted by atomic mass is 9.82. The van der Waals surface area contributed by atoms with E-state index in [9.17, 15) is 21.6 Å². The van der Waals surface area contributed by atoms with Crippen LogP contribution in [0.25, 0.3) is 11.3 Å². The van der Waals surface area contributed by atoms with E-state index in [2.05, 4.69) is 33.4 Å². The molecule has 0 radical (unpaired) electrons. The second-order valence-electron chi connectivity index (χ2n) is 13.1. The van der Waals surface area contributed by atoms with Crippen molar-refractivity contribution in [2.75, 3.05) is 35.9 Å². The first kappa shape index (κ1) is 32.4. The summed E-state index contributed by atoms with van der Waals surface area (Å²) >= 11 is 0. The quantitative estimate of drug-likeness (QED) is 0.427. The molecule has 46 heavy (non-hydrogen) atoms. The number of fused-ring (bicyclic) bond motifs is 4. The second-order valence-corrected chi connectivity index (χ2v) is 17.1. The van der Waals surface area contributed by atoms with Crippen LogP contribution in [0.5, 0.6) is 5.88 Å². The van der Waals surface area contributed by atoms with Crippen molar-refractivity contribution in [3.63, 3.8) is 0 Å². The number of ether oxygens (including phenoxy) is 1. The summed E-state index contributed by atoms with van der Waals surface area (Å²) in [7, 11) is -7.15. The standard InChI is InChI=1S/C33H41N5O6S2/c1-21(2)15-27-20-44-30-19-29(31-22(3)7-5-8-23(31)4)34-33(35-30)36-46(42,43)28-10-6-9-24(16-28)32(39)38(27)26-17-25(18-26)37-11-13-45(40,41)14-12-37/h5-10,16,19,21,25-27H,11-15,17-18,20H2,1-4H3,(H,34,35,36)/t25?,26?,27-/m1/s1. The molecule has 0 spiro atoms. The van der Waals surface area contributed by atoms with Crippen molar-refractivity contribution in [3.8, 4) is 17.1 Å². The molecule has 1 N–H and O–H groups in total. The highest BCUT2D eigenvalue weighted by atomic mass is 32.2. The largest absolute Gasteiger partial charge is 0.475 e. The average molecular weight is 668 g/mol. The molecule has 1 aliphatic carbocycles. The number of nitrogens with zero attached hydrogens (tertiary/aromatic N) is 4. The molecule has 3 aliphatic rings. The van der Waals surface area contributed by atoms with Crippen LogP contribution in [0.15, 0.2) is 53.4 Å². The van der Waals surface area contributed by atoms with Gasteiger partial charge < -0.3 is 9.64 Å². The molecule has 1 saturated heterocycles. The smallest absolute Gasteiger partial charge is 0.264 e. The first-order valence-corrected chi connectivity index (χ1v) is 19.1. The first-order chi connectivity index (χ1) is 21.8. The fourth-order valence-corrected chi connectivity index (χ4v) is 9.03. The Kier molecular flexibility index (Phi) is 8.85. The maximum absolute atomic E-state index is 14.4. The number of hydrogen-bond acceptors (Lipinski definition) is 9. The predicted octanol–water partition coefficient (Wildman–Crippen LogP) is 4.07. The maximum atomic E-state index is 14.4. The van der Waals surface area contributed by atoms with Crippen LogP contribution in [0, 0.1) is 19.8 Å². The van der Waals surface area contributed by atoms with E-state index < -0.39 is 19.9 Å². The number of nitrogens with one attached hydrogen (secondary N) is 1. The normalized spacial score (nSPS) is 24.5. The molecular weight excluding hydrogens is 627 g/mol. The lowest BCUT2D eigenvalue weighted by molar-refractivity contribution is -0.000936. The highest BCUT2D eigenvalue weighted by Gasteiger charge is 2.43. The van der Waals surface area contributed by atoms with Gasteiger partial charge in [-0.15, -0.1) is 0 Å². The topological polar surface area (TPSA) is 139 Å². The Morgan fingerprint density at radius 3 is 2.28 bits per heavy atom. The van der Waals surface area contributed by atoms with Crippen molar-refractivity contribution >= 4 is 31.7 Å². The van der Waals surface area contributed by atoms with E-state index in [0.29, 0.717) is 38.0 Å². The Hall–Kier alpha value is -3.55. The molecule has 2 aliphatic heterocycles. The van der Waals surface area contributed by atoms with Gasteiger partial charge in [0.15, 0.2) is 9.84 Å². The van der Waals surface area contributed by atoms with Crippen molar-refractivity contribution in [2.24, 2.45) is 5.92 Å². The SMILES string of the molecule is Cc1cccc(C)c1-c1cc2nc(n1)NS(=O)(=O)c1cccc(c1)C(=O)N(C1CC(N3CCS(=O)(=O)CC3)C1)[C@H](CC(C)C)CO2. The van der Waals surface area contributed by atoms with Gasteiger partial charge >= 0.3 is 0 Å². The molecule has 1 amide bonds. The Morgan fingerprint density at radius 1 is 0.935 bits per heavy atom. The van der Waals surface area contributed by atoms with Crippen molar-refractivity contribution < 1.29 is 26.4 Å². The van der Waals surface area contributed by atoms with Gasteiger partial charge in [0.05, 0.1) is 28.1 Å². The van der Waals surface area contributed by atoms with Crippen LogP contribution in [0.4, 0.5) is 5.95 Å². The minimum absolute atomic E-state index is 0.0671. The number of hydrogen-bond donors (Lipinski definition) is 1. The number of anilines is 1. The number of benzene rings is 2. The lowest BCUT2D eigenvalue weighted by Gasteiger charge is -2.50. The third-order valence-corrected chi connectivity index (χ3v) is 12.2. The van der Waals surface area contributed by atoms with E-state index in [-0.39, 0.29) is 70.4 Å². The fourth-order valence-electron chi connectivity index (χ4n) is 6.81. The van der Waals surface area contributed by atoms with Gasteiger partial charge in [-0.3, -0.25) is 9.69 Å². The van der Waals surface area contributed by atoms with E-state index in [4.69, 9.17) is 4.74 Å². The second kappa shape index (κ2) is 12.6. The molecule has 6 rings (SSSR count). The summed E-state index contributed by atoms with van der Waals surface area (Å²) in [6.07, 6.45) is 2.06. The third kappa shape index (κ3) is 6.77. The molecule has 1 aromatic heterocycles. The lowest BCUT2D eigenvalue weighted by Crippen LogP contribution is -2.61. The summed E-state index contributed by atoms with van der Waals surface area (Å²) in [5.41, 5.74) is 3.62. The van der Waals surface area contributed by atoms with Crippen LogP contribution in [-0.2, 0) is 19.9 Å². The van der Waals surface area contributed by atoms with Gasteiger partial charge in [-0.25, -0.2) is 26.5 Å². The van der Waals surface area contributed by atoms with Gasteiger partial charge in [0.2, 0.25) is 11.8 Å². The number of sulfonamides is 1. The molecule has 1 saturated carbocycles. The maximum Gasteiger partial charge on any atom is 0.264 e. The summed E-state index contributed by atoms with van der Waals surface area (Å²) in [4.78, 5) is 27.4. The van der Waals surface area contributed by atoms with Gasteiger partial charge in [0.1, 0.15) is 6.61 Å². The van der Waals surface area contributed by atoms with Crippen molar-refractivity contribution in [3.05, 3.63) is 65.2 Å². The van der Waals surface area contributed by atoms with Crippen LogP contribution in [0.1, 0.15) is 54.6 Å². The van der Waals surface area contributed by atoms with Crippen LogP contribution in [0.3, 0.4) is 0 Å². The molecule has 4 bridgehead atoms. The number of aromatic nitrogens is 2. The van der Waals surface area contributed by atoms with Crippen molar-refractivity contribution in [2.45, 2.75) is 70.0 Å². The number of carbonyl (C=O) groups is 1. The molecule has 11 nitrogen and oxygen atoms in total. The molecule has 3 heterocycles. The van der Waals surface area contributed by atoms with Crippen LogP contribution in [0.2, 0.25) is 0 Å². The number of carbonyl (C=O) groups excluding carboxylic acids is 1. The summed E-state index contributed by atoms with van der Waals surface area (Å²) < 4.78 is 60.1. The highest BCUT2D eigenvalue weighted by molar-refractivity contribution is 7.92. The van der Waals surface area contributed by atoms with Gasteiger partial charge in [0.25, 0.3) is 15.9 Å². The van der Waals surface area contributed by atoms with Gasteiger partial charge in [-0.2, -0.15) is 4.98 Å². The Labute approximate surface area is 271 Å². The molecule has 2 fully saturated rings.